The number of nitrogens with one attached hydrogen (secondary N) is 1. The fourth-order valence-corrected chi connectivity index (χ4v) is 5.41. The molecule has 17 heteroatoms. The number of nitrogens with zero attached hydrogens (tertiary/aromatic N) is 7. The van der Waals surface area contributed by atoms with E-state index >= 15 is 0 Å². The topological polar surface area (TPSA) is 169 Å². The first-order valence-corrected chi connectivity index (χ1v) is 15.2. The van der Waals surface area contributed by atoms with Crippen molar-refractivity contribution < 1.29 is 32.3 Å². The molecular weight excluding hydrogens is 684 g/mol. The van der Waals surface area contributed by atoms with Crippen LogP contribution in [0.2, 0.25) is 5.02 Å². The van der Waals surface area contributed by atoms with E-state index < -0.39 is 24.0 Å². The number of aliphatic carboxylic acids is 1. The van der Waals surface area contributed by atoms with Crippen LogP contribution in [0.15, 0.2) is 78.1 Å². The van der Waals surface area contributed by atoms with Crippen LogP contribution in [0.4, 0.5) is 23.2 Å². The van der Waals surface area contributed by atoms with Gasteiger partial charge in [-0.05, 0) is 66.9 Å². The predicted molar refractivity (Wildman–Crippen MR) is 172 cm³/mol. The van der Waals surface area contributed by atoms with Crippen molar-refractivity contribution in [2.75, 3.05) is 5.32 Å². The van der Waals surface area contributed by atoms with Crippen LogP contribution in [0, 0.1) is 23.1 Å². The molecule has 4 heterocycles. The standard InChI is InChI=1S/C31H24ClFN8O2.C2HF3O2/c1-18-3-2-4-29(27-11-19(9-10-35-27)23-13-21(33)6-7-25(23)37-31(18)43)40-17-36-26(14-30(40)42)24-12-20(32)5-8-28(24)41-16-22(15-34)38-39-41;3-2(4,5)1(6)7/h5-14,16-18,29H,2-4H2,1H3,(H,37,43);(H,6,7)/t18-,29+;/m1./s1. The van der Waals surface area contributed by atoms with Gasteiger partial charge in [0.2, 0.25) is 5.91 Å². The van der Waals surface area contributed by atoms with Crippen LogP contribution in [0.25, 0.3) is 28.1 Å². The van der Waals surface area contributed by atoms with Gasteiger partial charge in [-0.2, -0.15) is 18.4 Å². The molecule has 1 aliphatic rings. The lowest BCUT2D eigenvalue weighted by molar-refractivity contribution is -0.192. The van der Waals surface area contributed by atoms with Gasteiger partial charge in [0.05, 0.1) is 35.6 Å². The first-order valence-electron chi connectivity index (χ1n) is 14.8. The Kier molecular flexibility index (Phi) is 10.4. The Morgan fingerprint density at radius 3 is 2.50 bits per heavy atom. The maximum atomic E-state index is 14.3. The summed E-state index contributed by atoms with van der Waals surface area (Å²) in [7, 11) is 0. The molecule has 50 heavy (non-hydrogen) atoms. The SMILES string of the molecule is C[C@@H]1CCC[C@H](n2cnc(-c3cc(Cl)ccc3-n3cc(C#N)nn3)cc2=O)c2cc(ccn2)-c2cc(F)ccc2NC1=O.O=C(O)C(F)(F)F. The number of benzene rings is 2. The minimum atomic E-state index is -5.08. The number of carbonyl (C=O) groups is 2. The van der Waals surface area contributed by atoms with Gasteiger partial charge in [-0.25, -0.2) is 18.9 Å². The normalized spacial score (nSPS) is 16.0. The summed E-state index contributed by atoms with van der Waals surface area (Å²) in [6.45, 7) is 1.84. The largest absolute Gasteiger partial charge is 0.490 e. The monoisotopic (exact) mass is 708 g/mol. The van der Waals surface area contributed by atoms with Crippen molar-refractivity contribution in [2.24, 2.45) is 5.92 Å². The average molecular weight is 709 g/mol. The number of alkyl halides is 3. The van der Waals surface area contributed by atoms with Gasteiger partial charge in [-0.1, -0.05) is 30.2 Å². The van der Waals surface area contributed by atoms with Gasteiger partial charge in [0.1, 0.15) is 11.9 Å². The van der Waals surface area contributed by atoms with Gasteiger partial charge in [-0.3, -0.25) is 19.1 Å². The van der Waals surface area contributed by atoms with Crippen molar-refractivity contribution >= 4 is 29.2 Å². The molecule has 0 fully saturated rings. The number of carboxylic acid groups (broad SMARTS) is 1. The fraction of sp³-hybridized carbons (Fsp3) is 0.212. The number of fused-ring (bicyclic) bond motifs is 4. The molecule has 6 rings (SSSR count). The number of carbonyl (C=O) groups excluding carboxylic acids is 1. The lowest BCUT2D eigenvalue weighted by atomic mass is 9.95. The molecule has 1 aliphatic heterocycles. The summed E-state index contributed by atoms with van der Waals surface area (Å²) in [6, 6.07) is 15.7. The second kappa shape index (κ2) is 14.7. The van der Waals surface area contributed by atoms with Crippen molar-refractivity contribution in [2.45, 2.75) is 38.4 Å². The summed E-state index contributed by atoms with van der Waals surface area (Å²) < 4.78 is 49.0. The first kappa shape index (κ1) is 35.4. The molecule has 0 aliphatic carbocycles. The van der Waals surface area contributed by atoms with Crippen molar-refractivity contribution in [1.29, 1.82) is 5.26 Å². The molecule has 2 aromatic carbocycles. The molecule has 2 N–H and O–H groups in total. The molecule has 0 saturated carbocycles. The zero-order valence-electron chi connectivity index (χ0n) is 25.9. The van der Waals surface area contributed by atoms with Crippen LogP contribution in [0.3, 0.4) is 0 Å². The van der Waals surface area contributed by atoms with Crippen LogP contribution in [0.5, 0.6) is 0 Å². The summed E-state index contributed by atoms with van der Waals surface area (Å²) in [5, 5.41) is 27.5. The molecule has 0 unspecified atom stereocenters. The second-order valence-electron chi connectivity index (χ2n) is 11.1. The maximum Gasteiger partial charge on any atom is 0.490 e. The van der Waals surface area contributed by atoms with Gasteiger partial charge in [0.25, 0.3) is 5.56 Å². The van der Waals surface area contributed by atoms with Crippen LogP contribution in [0.1, 0.15) is 43.6 Å². The summed E-state index contributed by atoms with van der Waals surface area (Å²) in [5.41, 5.74) is 3.53. The Balaban J connectivity index is 0.000000630. The minimum Gasteiger partial charge on any atom is -0.475 e. The molecule has 2 bridgehead atoms. The molecule has 12 nitrogen and oxygen atoms in total. The van der Waals surface area contributed by atoms with E-state index in [1.807, 2.05) is 19.1 Å². The van der Waals surface area contributed by atoms with Crippen LogP contribution >= 0.6 is 11.6 Å². The summed E-state index contributed by atoms with van der Waals surface area (Å²) >= 11 is 6.30. The highest BCUT2D eigenvalue weighted by Crippen LogP contribution is 2.34. The van der Waals surface area contributed by atoms with Crippen molar-refractivity contribution in [3.8, 4) is 34.1 Å². The van der Waals surface area contributed by atoms with Gasteiger partial charge in [-0.15, -0.1) is 5.10 Å². The number of hydrogen-bond donors (Lipinski definition) is 2. The number of halogens is 5. The number of aromatic nitrogens is 6. The zero-order chi connectivity index (χ0) is 36.2. The zero-order valence-corrected chi connectivity index (χ0v) is 26.7. The van der Waals surface area contributed by atoms with Crippen molar-refractivity contribution in [1.82, 2.24) is 29.5 Å². The minimum absolute atomic E-state index is 0.138. The molecular formula is C33H25ClF4N8O4. The van der Waals surface area contributed by atoms with E-state index in [4.69, 9.17) is 21.5 Å². The van der Waals surface area contributed by atoms with Crippen molar-refractivity contribution in [3.63, 3.8) is 0 Å². The quantitative estimate of drug-likeness (QED) is 0.207. The number of carboxylic acids is 1. The fourth-order valence-electron chi connectivity index (χ4n) is 5.23. The summed E-state index contributed by atoms with van der Waals surface area (Å²) in [5.74, 6) is -3.66. The Labute approximate surface area is 285 Å². The summed E-state index contributed by atoms with van der Waals surface area (Å²) in [6.07, 6.45) is 1.21. The number of rotatable bonds is 3. The Bertz CT molecular complexity index is 2180. The number of nitriles is 1. The van der Waals surface area contributed by atoms with E-state index in [0.717, 1.165) is 0 Å². The molecule has 1 amide bonds. The molecule has 3 aromatic heterocycles. The highest BCUT2D eigenvalue weighted by atomic mass is 35.5. The number of pyridine rings is 1. The molecule has 256 valence electrons. The third-order valence-corrected chi connectivity index (χ3v) is 7.97. The van der Waals surface area contributed by atoms with Gasteiger partial charge < -0.3 is 10.4 Å². The third-order valence-electron chi connectivity index (χ3n) is 7.74. The second-order valence-corrected chi connectivity index (χ2v) is 11.6. The molecule has 5 aromatic rings. The molecule has 0 spiro atoms. The maximum absolute atomic E-state index is 14.3. The molecule has 2 atom stereocenters. The average Bonchev–Trinajstić information content (AvgIpc) is 3.56. The number of anilines is 1. The Morgan fingerprint density at radius 1 is 1.06 bits per heavy atom. The van der Waals surface area contributed by atoms with E-state index in [9.17, 15) is 32.4 Å². The molecule has 0 saturated heterocycles. The van der Waals surface area contributed by atoms with E-state index in [1.54, 1.807) is 36.5 Å². The predicted octanol–water partition coefficient (Wildman–Crippen LogP) is 6.20. The smallest absolute Gasteiger partial charge is 0.475 e. The number of hydrogen-bond acceptors (Lipinski definition) is 8. The highest BCUT2D eigenvalue weighted by molar-refractivity contribution is 6.31. The lowest BCUT2D eigenvalue weighted by Gasteiger charge is -2.23. The lowest BCUT2D eigenvalue weighted by Crippen LogP contribution is -2.27. The van der Waals surface area contributed by atoms with E-state index in [-0.39, 0.29) is 23.1 Å². The van der Waals surface area contributed by atoms with Crippen LogP contribution < -0.4 is 10.9 Å². The molecule has 0 radical (unpaired) electrons. The Hall–Kier alpha value is -5.95. The van der Waals surface area contributed by atoms with Crippen LogP contribution in [-0.4, -0.2) is 52.7 Å². The van der Waals surface area contributed by atoms with Gasteiger partial charge in [0.15, 0.2) is 5.69 Å². The van der Waals surface area contributed by atoms with Crippen LogP contribution in [-0.2, 0) is 9.59 Å². The first-order chi connectivity index (χ1) is 23.7. The van der Waals surface area contributed by atoms with E-state index in [2.05, 4.69) is 25.6 Å². The van der Waals surface area contributed by atoms with E-state index in [1.165, 1.54) is 40.0 Å². The van der Waals surface area contributed by atoms with Crippen molar-refractivity contribution in [3.05, 3.63) is 106 Å². The van der Waals surface area contributed by atoms with Gasteiger partial charge in [0, 0.05) is 40.0 Å². The summed E-state index contributed by atoms with van der Waals surface area (Å²) in [4.78, 5) is 44.7. The van der Waals surface area contributed by atoms with Gasteiger partial charge >= 0.3 is 12.1 Å². The Morgan fingerprint density at radius 2 is 1.82 bits per heavy atom. The van der Waals surface area contributed by atoms with E-state index in [0.29, 0.717) is 63.7 Å². The number of amides is 1. The third kappa shape index (κ3) is 8.01. The highest BCUT2D eigenvalue weighted by Gasteiger charge is 2.38.